The van der Waals surface area contributed by atoms with Gasteiger partial charge in [0.25, 0.3) is 5.91 Å². The van der Waals surface area contributed by atoms with E-state index in [1.54, 1.807) is 24.3 Å². The second kappa shape index (κ2) is 6.20. The van der Waals surface area contributed by atoms with Crippen molar-refractivity contribution in [1.29, 1.82) is 0 Å². The number of amides is 1. The van der Waals surface area contributed by atoms with E-state index < -0.39 is 22.4 Å². The average molecular weight is 316 g/mol. The van der Waals surface area contributed by atoms with E-state index in [-0.39, 0.29) is 0 Å². The molecule has 2 aromatic rings. The number of nitrogens with one attached hydrogen (secondary N) is 1. The van der Waals surface area contributed by atoms with Crippen molar-refractivity contribution in [2.75, 3.05) is 5.32 Å². The van der Waals surface area contributed by atoms with Gasteiger partial charge in [-0.25, -0.2) is 8.78 Å². The summed E-state index contributed by atoms with van der Waals surface area (Å²) < 4.78 is 26.1. The first-order valence-electron chi connectivity index (χ1n) is 5.62. The maximum Gasteiger partial charge on any atom is 0.257 e. The van der Waals surface area contributed by atoms with Crippen LogP contribution in [0, 0.1) is 11.6 Å². The minimum Gasteiger partial charge on any atom is -0.324 e. The summed E-state index contributed by atoms with van der Waals surface area (Å²) in [6.07, 6.45) is 0. The van der Waals surface area contributed by atoms with E-state index >= 15 is 0 Å². The first-order valence-corrected chi connectivity index (χ1v) is 6.49. The average Bonchev–Trinajstić information content (AvgIpc) is 2.42. The molecule has 2 rings (SSSR count). The molecule has 0 aliphatic heterocycles. The summed E-state index contributed by atoms with van der Waals surface area (Å²) in [5, 5.41) is 2.51. The zero-order valence-corrected chi connectivity index (χ0v) is 11.6. The van der Waals surface area contributed by atoms with Crippen molar-refractivity contribution in [3.05, 3.63) is 54.1 Å². The van der Waals surface area contributed by atoms with E-state index in [4.69, 9.17) is 23.2 Å². The molecule has 20 heavy (non-hydrogen) atoms. The van der Waals surface area contributed by atoms with Crippen LogP contribution in [0.15, 0.2) is 42.5 Å². The van der Waals surface area contributed by atoms with Gasteiger partial charge in [-0.3, -0.25) is 4.79 Å². The monoisotopic (exact) mass is 315 g/mol. The topological polar surface area (TPSA) is 29.1 Å². The number of halogens is 4. The summed E-state index contributed by atoms with van der Waals surface area (Å²) in [5.41, 5.74) is 1.58. The Labute approximate surface area is 124 Å². The number of benzene rings is 2. The molecule has 0 atom stereocenters. The summed E-state index contributed by atoms with van der Waals surface area (Å²) in [4.78, 5) is 10.2. The van der Waals surface area contributed by atoms with Crippen molar-refractivity contribution < 1.29 is 13.6 Å². The number of carbonyl (C=O) groups is 1. The lowest BCUT2D eigenvalue weighted by molar-refractivity contribution is -0.114. The molecular weight excluding hydrogens is 307 g/mol. The van der Waals surface area contributed by atoms with E-state index in [0.29, 0.717) is 16.8 Å². The zero-order chi connectivity index (χ0) is 14.7. The Kier molecular flexibility index (Phi) is 4.57. The highest BCUT2D eigenvalue weighted by Gasteiger charge is 2.12. The predicted molar refractivity (Wildman–Crippen MR) is 75.9 cm³/mol. The largest absolute Gasteiger partial charge is 0.324 e. The normalized spacial score (nSPS) is 10.7. The molecule has 0 bridgehead atoms. The van der Waals surface area contributed by atoms with Crippen LogP contribution in [0.5, 0.6) is 0 Å². The minimum absolute atomic E-state index is 0.462. The Hall–Kier alpha value is -1.65. The van der Waals surface area contributed by atoms with Crippen LogP contribution in [0.4, 0.5) is 14.5 Å². The standard InChI is InChI=1S/C14H9Cl2F2NO/c15-13(16)14(20)19-10-3-1-2-8(6-10)9-4-5-11(17)12(18)7-9/h1-7,13H,(H,19,20). The lowest BCUT2D eigenvalue weighted by atomic mass is 10.0. The third-order valence-electron chi connectivity index (χ3n) is 2.58. The molecule has 0 aliphatic rings. The lowest BCUT2D eigenvalue weighted by Gasteiger charge is -2.08. The molecule has 0 radical (unpaired) electrons. The van der Waals surface area contributed by atoms with Gasteiger partial charge < -0.3 is 5.32 Å². The molecule has 0 unspecified atom stereocenters. The molecule has 1 amide bonds. The van der Waals surface area contributed by atoms with Crippen molar-refractivity contribution in [2.45, 2.75) is 4.84 Å². The first-order chi connectivity index (χ1) is 9.47. The molecule has 0 spiro atoms. The van der Waals surface area contributed by atoms with Gasteiger partial charge in [0.15, 0.2) is 16.5 Å². The SMILES string of the molecule is O=C(Nc1cccc(-c2ccc(F)c(F)c2)c1)C(Cl)Cl. The molecule has 2 nitrogen and oxygen atoms in total. The molecule has 104 valence electrons. The maximum atomic E-state index is 13.2. The summed E-state index contributed by atoms with van der Waals surface area (Å²) in [7, 11) is 0. The molecule has 1 N–H and O–H groups in total. The van der Waals surface area contributed by atoms with E-state index in [1.165, 1.54) is 6.07 Å². The number of carbonyl (C=O) groups excluding carboxylic acids is 1. The van der Waals surface area contributed by atoms with Gasteiger partial charge in [-0.2, -0.15) is 0 Å². The quantitative estimate of drug-likeness (QED) is 0.837. The fraction of sp³-hybridized carbons (Fsp3) is 0.0714. The fourth-order valence-electron chi connectivity index (χ4n) is 1.65. The second-order valence-electron chi connectivity index (χ2n) is 4.00. The number of rotatable bonds is 3. The number of hydrogen-bond donors (Lipinski definition) is 1. The predicted octanol–water partition coefficient (Wildman–Crippen LogP) is 4.37. The van der Waals surface area contributed by atoms with Crippen molar-refractivity contribution >= 4 is 34.8 Å². The Balaban J connectivity index is 2.29. The van der Waals surface area contributed by atoms with E-state index in [9.17, 15) is 13.6 Å². The Morgan fingerprint density at radius 3 is 2.35 bits per heavy atom. The van der Waals surface area contributed by atoms with Gasteiger partial charge in [0.2, 0.25) is 0 Å². The fourth-order valence-corrected chi connectivity index (χ4v) is 1.76. The molecule has 2 aromatic carbocycles. The highest BCUT2D eigenvalue weighted by Crippen LogP contribution is 2.24. The van der Waals surface area contributed by atoms with E-state index in [1.807, 2.05) is 0 Å². The number of alkyl halides is 2. The van der Waals surface area contributed by atoms with Gasteiger partial charge >= 0.3 is 0 Å². The van der Waals surface area contributed by atoms with E-state index in [0.717, 1.165) is 12.1 Å². The van der Waals surface area contributed by atoms with Gasteiger partial charge in [-0.15, -0.1) is 0 Å². The van der Waals surface area contributed by atoms with Gasteiger partial charge in [0, 0.05) is 5.69 Å². The molecule has 0 saturated carbocycles. The van der Waals surface area contributed by atoms with Crippen molar-refractivity contribution in [3.63, 3.8) is 0 Å². The molecule has 0 fully saturated rings. The second-order valence-corrected chi connectivity index (χ2v) is 5.10. The van der Waals surface area contributed by atoms with Crippen molar-refractivity contribution in [1.82, 2.24) is 0 Å². The lowest BCUT2D eigenvalue weighted by Crippen LogP contribution is -2.18. The van der Waals surface area contributed by atoms with Crippen molar-refractivity contribution in [3.8, 4) is 11.1 Å². The smallest absolute Gasteiger partial charge is 0.257 e. The summed E-state index contributed by atoms with van der Waals surface area (Å²) in [5.74, 6) is -2.40. The van der Waals surface area contributed by atoms with Crippen LogP contribution in [0.3, 0.4) is 0 Å². The number of hydrogen-bond acceptors (Lipinski definition) is 1. The highest BCUT2D eigenvalue weighted by atomic mass is 35.5. The van der Waals surface area contributed by atoms with Gasteiger partial charge in [-0.1, -0.05) is 41.4 Å². The third kappa shape index (κ3) is 3.46. The molecule has 0 aromatic heterocycles. The van der Waals surface area contributed by atoms with Crippen LogP contribution in [-0.2, 0) is 4.79 Å². The van der Waals surface area contributed by atoms with Crippen LogP contribution in [0.1, 0.15) is 0 Å². The molecule has 6 heteroatoms. The van der Waals surface area contributed by atoms with Crippen LogP contribution >= 0.6 is 23.2 Å². The van der Waals surface area contributed by atoms with Crippen LogP contribution in [-0.4, -0.2) is 10.7 Å². The van der Waals surface area contributed by atoms with Crippen LogP contribution in [0.2, 0.25) is 0 Å². The van der Waals surface area contributed by atoms with Gasteiger partial charge in [-0.05, 0) is 35.4 Å². The Bertz CT molecular complexity index is 647. The third-order valence-corrected chi connectivity index (χ3v) is 2.98. The first kappa shape index (κ1) is 14.8. The van der Waals surface area contributed by atoms with Crippen LogP contribution < -0.4 is 5.32 Å². The molecule has 0 aliphatic carbocycles. The Morgan fingerprint density at radius 2 is 1.70 bits per heavy atom. The number of anilines is 1. The van der Waals surface area contributed by atoms with E-state index in [2.05, 4.69) is 5.32 Å². The maximum absolute atomic E-state index is 13.2. The summed E-state index contributed by atoms with van der Waals surface area (Å²) in [6.45, 7) is 0. The zero-order valence-electron chi connectivity index (χ0n) is 10.0. The molecular formula is C14H9Cl2F2NO. The Morgan fingerprint density at radius 1 is 1.00 bits per heavy atom. The summed E-state index contributed by atoms with van der Waals surface area (Å²) >= 11 is 10.9. The molecule has 0 saturated heterocycles. The van der Waals surface area contributed by atoms with Crippen LogP contribution in [0.25, 0.3) is 11.1 Å². The van der Waals surface area contributed by atoms with Gasteiger partial charge in [0.1, 0.15) is 0 Å². The summed E-state index contributed by atoms with van der Waals surface area (Å²) in [6, 6.07) is 10.2. The van der Waals surface area contributed by atoms with Crippen molar-refractivity contribution in [2.24, 2.45) is 0 Å². The minimum atomic E-state index is -1.18. The van der Waals surface area contributed by atoms with Gasteiger partial charge in [0.05, 0.1) is 0 Å². The molecule has 0 heterocycles. The highest BCUT2D eigenvalue weighted by molar-refractivity contribution is 6.54.